The second-order valence-electron chi connectivity index (χ2n) is 4.67. The van der Waals surface area contributed by atoms with Gasteiger partial charge in [0.05, 0.1) is 5.52 Å². The van der Waals surface area contributed by atoms with Gasteiger partial charge in [0.15, 0.2) is 0 Å². The third kappa shape index (κ3) is 2.78. The summed E-state index contributed by atoms with van der Waals surface area (Å²) in [5, 5.41) is 4.41. The van der Waals surface area contributed by atoms with Crippen LogP contribution in [0.2, 0.25) is 0 Å². The van der Waals surface area contributed by atoms with Crippen LogP contribution in [0.4, 0.5) is 5.69 Å². The Kier molecular flexibility index (Phi) is 3.67. The first-order chi connectivity index (χ1) is 8.10. The summed E-state index contributed by atoms with van der Waals surface area (Å²) in [4.78, 5) is 4.70. The highest BCUT2D eigenvalue weighted by atomic mass is 79.9. The number of rotatable bonds is 3. The summed E-state index contributed by atoms with van der Waals surface area (Å²) >= 11 is 3.50. The molecule has 0 unspecified atom stereocenters. The van der Waals surface area contributed by atoms with E-state index < -0.39 is 0 Å². The zero-order valence-corrected chi connectivity index (χ0v) is 12.0. The number of nitrogens with zero attached hydrogens (tertiary/aromatic N) is 1. The highest BCUT2D eigenvalue weighted by Gasteiger charge is 2.06. The standard InChI is InChI=1S/C14H17BrN2/c1-9(2)6-11-8-14(16-3)12-7-10(15)4-5-13(12)17-11/h4-5,7-9H,6H2,1-3H3,(H,16,17). The van der Waals surface area contributed by atoms with Crippen molar-refractivity contribution in [3.63, 3.8) is 0 Å². The molecule has 1 heterocycles. The summed E-state index contributed by atoms with van der Waals surface area (Å²) < 4.78 is 1.08. The molecule has 0 fully saturated rings. The van der Waals surface area contributed by atoms with Crippen LogP contribution in [0.5, 0.6) is 0 Å². The average Bonchev–Trinajstić information content (AvgIpc) is 2.27. The minimum Gasteiger partial charge on any atom is -0.388 e. The van der Waals surface area contributed by atoms with Crippen LogP contribution >= 0.6 is 15.9 Å². The van der Waals surface area contributed by atoms with Crippen molar-refractivity contribution in [2.75, 3.05) is 12.4 Å². The van der Waals surface area contributed by atoms with Crippen LogP contribution in [0.25, 0.3) is 10.9 Å². The van der Waals surface area contributed by atoms with E-state index in [1.807, 2.05) is 13.1 Å². The van der Waals surface area contributed by atoms with Gasteiger partial charge in [0.2, 0.25) is 0 Å². The Morgan fingerprint density at radius 3 is 2.71 bits per heavy atom. The third-order valence-corrected chi connectivity index (χ3v) is 3.20. The summed E-state index contributed by atoms with van der Waals surface area (Å²) in [5.74, 6) is 0.625. The maximum absolute atomic E-state index is 4.70. The molecule has 1 N–H and O–H groups in total. The quantitative estimate of drug-likeness (QED) is 0.915. The van der Waals surface area contributed by atoms with Gasteiger partial charge in [-0.1, -0.05) is 29.8 Å². The topological polar surface area (TPSA) is 24.9 Å². The van der Waals surface area contributed by atoms with Gasteiger partial charge in [-0.25, -0.2) is 0 Å². The first-order valence-electron chi connectivity index (χ1n) is 5.87. The monoisotopic (exact) mass is 292 g/mol. The van der Waals surface area contributed by atoms with E-state index in [1.54, 1.807) is 0 Å². The molecule has 3 heteroatoms. The fourth-order valence-electron chi connectivity index (χ4n) is 1.98. The van der Waals surface area contributed by atoms with E-state index in [0.29, 0.717) is 5.92 Å². The van der Waals surface area contributed by atoms with Crippen molar-refractivity contribution in [2.24, 2.45) is 5.92 Å². The maximum atomic E-state index is 4.70. The van der Waals surface area contributed by atoms with E-state index in [-0.39, 0.29) is 0 Å². The average molecular weight is 293 g/mol. The van der Waals surface area contributed by atoms with Crippen molar-refractivity contribution < 1.29 is 0 Å². The van der Waals surface area contributed by atoms with Gasteiger partial charge in [-0.05, 0) is 36.6 Å². The minimum absolute atomic E-state index is 0.625. The lowest BCUT2D eigenvalue weighted by molar-refractivity contribution is 0.637. The lowest BCUT2D eigenvalue weighted by Crippen LogP contribution is -2.00. The predicted octanol–water partition coefficient (Wildman–Crippen LogP) is 4.24. The van der Waals surface area contributed by atoms with Crippen LogP contribution in [0.3, 0.4) is 0 Å². The van der Waals surface area contributed by atoms with Crippen molar-refractivity contribution in [1.29, 1.82) is 0 Å². The molecular formula is C14H17BrN2. The molecule has 0 atom stereocenters. The van der Waals surface area contributed by atoms with Gasteiger partial charge in [0.1, 0.15) is 0 Å². The Morgan fingerprint density at radius 2 is 2.06 bits per heavy atom. The van der Waals surface area contributed by atoms with E-state index >= 15 is 0 Å². The molecule has 0 spiro atoms. The van der Waals surface area contributed by atoms with E-state index in [2.05, 4.69) is 53.3 Å². The summed E-state index contributed by atoms with van der Waals surface area (Å²) in [6.07, 6.45) is 1.01. The molecule has 0 aliphatic heterocycles. The smallest absolute Gasteiger partial charge is 0.0726 e. The van der Waals surface area contributed by atoms with Crippen molar-refractivity contribution in [2.45, 2.75) is 20.3 Å². The van der Waals surface area contributed by atoms with Crippen molar-refractivity contribution in [1.82, 2.24) is 4.98 Å². The largest absolute Gasteiger partial charge is 0.388 e. The lowest BCUT2D eigenvalue weighted by Gasteiger charge is -2.11. The van der Waals surface area contributed by atoms with E-state index in [4.69, 9.17) is 4.98 Å². The fraction of sp³-hybridized carbons (Fsp3) is 0.357. The summed E-state index contributed by atoms with van der Waals surface area (Å²) in [5.41, 5.74) is 3.35. The summed E-state index contributed by atoms with van der Waals surface area (Å²) in [6.45, 7) is 4.43. The molecule has 0 radical (unpaired) electrons. The summed E-state index contributed by atoms with van der Waals surface area (Å²) in [7, 11) is 1.95. The van der Waals surface area contributed by atoms with Crippen LogP contribution < -0.4 is 5.32 Å². The first-order valence-corrected chi connectivity index (χ1v) is 6.66. The third-order valence-electron chi connectivity index (χ3n) is 2.71. The first kappa shape index (κ1) is 12.4. The number of hydrogen-bond acceptors (Lipinski definition) is 2. The molecule has 1 aromatic heterocycles. The molecular weight excluding hydrogens is 276 g/mol. The molecule has 0 saturated carbocycles. The molecule has 2 aromatic rings. The summed E-state index contributed by atoms with van der Waals surface area (Å²) in [6, 6.07) is 8.35. The Bertz CT molecular complexity index is 535. The second kappa shape index (κ2) is 5.05. The molecule has 0 amide bonds. The normalized spacial score (nSPS) is 11.1. The number of aromatic nitrogens is 1. The van der Waals surface area contributed by atoms with Gasteiger partial charge in [0.25, 0.3) is 0 Å². The number of fused-ring (bicyclic) bond motifs is 1. The Morgan fingerprint density at radius 1 is 1.29 bits per heavy atom. The molecule has 90 valence electrons. The van der Waals surface area contributed by atoms with Crippen molar-refractivity contribution in [3.8, 4) is 0 Å². The van der Waals surface area contributed by atoms with Crippen molar-refractivity contribution in [3.05, 3.63) is 34.4 Å². The Balaban J connectivity index is 2.58. The number of nitrogens with one attached hydrogen (secondary N) is 1. The molecule has 0 bridgehead atoms. The zero-order chi connectivity index (χ0) is 12.4. The molecule has 0 aliphatic rings. The lowest BCUT2D eigenvalue weighted by atomic mass is 10.1. The van der Waals surface area contributed by atoms with Crippen LogP contribution in [0.15, 0.2) is 28.7 Å². The second-order valence-corrected chi connectivity index (χ2v) is 5.59. The van der Waals surface area contributed by atoms with Crippen LogP contribution in [0, 0.1) is 5.92 Å². The van der Waals surface area contributed by atoms with Crippen LogP contribution in [0.1, 0.15) is 19.5 Å². The SMILES string of the molecule is CNc1cc(CC(C)C)nc2ccc(Br)cc12. The molecule has 17 heavy (non-hydrogen) atoms. The van der Waals surface area contributed by atoms with Gasteiger partial charge in [-0.15, -0.1) is 0 Å². The van der Waals surface area contributed by atoms with Crippen LogP contribution in [-0.4, -0.2) is 12.0 Å². The number of halogens is 1. The number of pyridine rings is 1. The minimum atomic E-state index is 0.625. The number of benzene rings is 1. The number of anilines is 1. The van der Waals surface area contributed by atoms with Crippen LogP contribution in [-0.2, 0) is 6.42 Å². The molecule has 2 nitrogen and oxygen atoms in total. The molecule has 0 saturated heterocycles. The van der Waals surface area contributed by atoms with E-state index in [1.165, 1.54) is 0 Å². The number of hydrogen-bond donors (Lipinski definition) is 1. The molecule has 2 rings (SSSR count). The highest BCUT2D eigenvalue weighted by molar-refractivity contribution is 9.10. The zero-order valence-electron chi connectivity index (χ0n) is 10.4. The Hall–Kier alpha value is -1.09. The predicted molar refractivity (Wildman–Crippen MR) is 77.5 cm³/mol. The van der Waals surface area contributed by atoms with Gasteiger partial charge < -0.3 is 5.32 Å². The fourth-order valence-corrected chi connectivity index (χ4v) is 2.34. The van der Waals surface area contributed by atoms with Gasteiger partial charge in [0, 0.05) is 28.3 Å². The van der Waals surface area contributed by atoms with E-state index in [9.17, 15) is 0 Å². The molecule has 0 aliphatic carbocycles. The highest BCUT2D eigenvalue weighted by Crippen LogP contribution is 2.26. The Labute approximate surface area is 111 Å². The van der Waals surface area contributed by atoms with Crippen molar-refractivity contribution >= 4 is 32.5 Å². The van der Waals surface area contributed by atoms with Gasteiger partial charge >= 0.3 is 0 Å². The van der Waals surface area contributed by atoms with Gasteiger partial charge in [-0.3, -0.25) is 4.98 Å². The van der Waals surface area contributed by atoms with Gasteiger partial charge in [-0.2, -0.15) is 0 Å². The maximum Gasteiger partial charge on any atom is 0.0726 e. The molecule has 1 aromatic carbocycles. The van der Waals surface area contributed by atoms with E-state index in [0.717, 1.165) is 33.2 Å².